The molecule has 2 aliphatic carbocycles. The predicted octanol–water partition coefficient (Wildman–Crippen LogP) is 9.02. The fourth-order valence-electron chi connectivity index (χ4n) is 7.94. The molecule has 8 aromatic rings. The van der Waals surface area contributed by atoms with Gasteiger partial charge < -0.3 is 0 Å². The van der Waals surface area contributed by atoms with Crippen LogP contribution in [0.15, 0.2) is 89.8 Å². The molecule has 0 N–H and O–H groups in total. The Morgan fingerprint density at radius 2 is 0.833 bits per heavy atom. The van der Waals surface area contributed by atoms with Gasteiger partial charge in [0.2, 0.25) is 21.7 Å². The Morgan fingerprint density at radius 1 is 0.463 bits per heavy atom. The van der Waals surface area contributed by atoms with Gasteiger partial charge in [-0.15, -0.1) is 45.3 Å². The molecule has 6 nitrogen and oxygen atoms in total. The number of benzene rings is 2. The van der Waals surface area contributed by atoms with Crippen molar-refractivity contribution in [2.75, 3.05) is 0 Å². The van der Waals surface area contributed by atoms with E-state index in [1.165, 1.54) is 43.6 Å². The summed E-state index contributed by atoms with van der Waals surface area (Å²) in [6.45, 7) is 0. The van der Waals surface area contributed by atoms with E-state index in [-0.39, 0.29) is 37.7 Å². The van der Waals surface area contributed by atoms with Crippen LogP contribution in [-0.2, 0) is 5.41 Å². The summed E-state index contributed by atoms with van der Waals surface area (Å²) in [6, 6.07) is 14.7. The second-order valence-electron chi connectivity index (χ2n) is 13.5. The zero-order valence-corrected chi connectivity index (χ0v) is 30.7. The van der Waals surface area contributed by atoms with Gasteiger partial charge in [-0.25, -0.2) is 27.5 Å². The number of thiophene rings is 4. The van der Waals surface area contributed by atoms with E-state index in [4.69, 9.17) is 0 Å². The van der Waals surface area contributed by atoms with E-state index in [1.54, 1.807) is 34.8 Å². The van der Waals surface area contributed by atoms with Gasteiger partial charge in [0.15, 0.2) is 34.0 Å². The van der Waals surface area contributed by atoms with E-state index in [9.17, 15) is 36.7 Å². The maximum absolute atomic E-state index is 13.8. The van der Waals surface area contributed by atoms with Crippen molar-refractivity contribution in [1.29, 1.82) is 0 Å². The monoisotopic (exact) mass is 796 g/mol. The van der Waals surface area contributed by atoms with Crippen LogP contribution in [0.25, 0.3) is 50.8 Å². The lowest BCUT2D eigenvalue weighted by Gasteiger charge is -2.34. The zero-order valence-electron chi connectivity index (χ0n) is 27.5. The average molecular weight is 797 g/mol. The Morgan fingerprint density at radius 3 is 1.20 bits per heavy atom. The second-order valence-corrected chi connectivity index (χ2v) is 17.7. The van der Waals surface area contributed by atoms with Crippen LogP contribution in [0.4, 0.5) is 27.6 Å². The number of nitrogens with zero attached hydrogens (tertiary/aromatic N) is 2. The van der Waals surface area contributed by atoms with Crippen LogP contribution in [0.5, 0.6) is 0 Å². The Labute approximate surface area is 316 Å². The van der Waals surface area contributed by atoms with Crippen LogP contribution in [-0.4, -0.2) is 0 Å². The molecule has 4 aromatic carbocycles. The molecule has 0 atom stereocenters. The van der Waals surface area contributed by atoms with Gasteiger partial charge in [0, 0.05) is 56.2 Å². The topological polar surface area (TPSA) is 93.0 Å². The normalized spacial score (nSPS) is 14.7. The summed E-state index contributed by atoms with van der Waals surface area (Å²) in [5, 5.41) is -0.653. The van der Waals surface area contributed by atoms with E-state index in [0.717, 1.165) is 75.9 Å². The van der Waals surface area contributed by atoms with Gasteiger partial charge in [-0.05, 0) is 84.6 Å². The van der Waals surface area contributed by atoms with Crippen molar-refractivity contribution in [3.8, 4) is 29.3 Å². The van der Waals surface area contributed by atoms with Crippen LogP contribution in [0, 0.1) is 23.3 Å². The molecular weight excluding hydrogens is 777 g/mol. The van der Waals surface area contributed by atoms with E-state index in [0.29, 0.717) is 10.0 Å². The first kappa shape index (κ1) is 33.5. The maximum Gasteiger partial charge on any atom is 0.216 e. The minimum Gasteiger partial charge on any atom is -0.287 e. The van der Waals surface area contributed by atoms with E-state index >= 15 is 0 Å². The van der Waals surface area contributed by atoms with Crippen molar-refractivity contribution in [2.24, 2.45) is 9.98 Å². The second kappa shape index (κ2) is 12.0. The molecule has 54 heavy (non-hydrogen) atoms. The average Bonchev–Trinajstić information content (AvgIpc) is 4.03. The third kappa shape index (κ3) is 4.86. The number of rotatable bonds is 4. The third-order valence-corrected chi connectivity index (χ3v) is 15.3. The number of fused-ring (bicyclic) bond motifs is 7. The van der Waals surface area contributed by atoms with Crippen LogP contribution in [0.3, 0.4) is 0 Å². The molecule has 0 bridgehead atoms. The van der Waals surface area contributed by atoms with Crippen LogP contribution in [0.1, 0.15) is 43.2 Å². The smallest absolute Gasteiger partial charge is 0.216 e. The summed E-state index contributed by atoms with van der Waals surface area (Å²) >= 11 is 6.01. The molecule has 0 saturated heterocycles. The lowest BCUT2D eigenvalue weighted by atomic mass is 9.68. The summed E-state index contributed by atoms with van der Waals surface area (Å²) in [7, 11) is 0. The predicted molar refractivity (Wildman–Crippen MR) is 206 cm³/mol. The van der Waals surface area contributed by atoms with Crippen molar-refractivity contribution in [3.63, 3.8) is 0 Å². The Hall–Kier alpha value is -5.02. The van der Waals surface area contributed by atoms with Crippen LogP contribution in [0.2, 0.25) is 0 Å². The summed E-state index contributed by atoms with van der Waals surface area (Å²) < 4.78 is 55.3. The van der Waals surface area contributed by atoms with E-state index in [2.05, 4.69) is 22.1 Å². The molecule has 0 radical (unpaired) electrons. The fourth-order valence-corrected chi connectivity index (χ4v) is 12.5. The van der Waals surface area contributed by atoms with E-state index in [1.807, 2.05) is 12.1 Å². The highest BCUT2D eigenvalue weighted by Crippen LogP contribution is 2.63. The molecule has 14 heteroatoms. The van der Waals surface area contributed by atoms with Gasteiger partial charge >= 0.3 is 0 Å². The van der Waals surface area contributed by atoms with Crippen LogP contribution < -0.4 is 32.4 Å². The minimum atomic E-state index is -1.20. The summed E-state index contributed by atoms with van der Waals surface area (Å²) in [5.74, 6) is -4.81. The van der Waals surface area contributed by atoms with Gasteiger partial charge in [-0.1, -0.05) is 19.3 Å². The SMILES string of the molecule is O=c1c(=Nc2ccc(-c3cc4c(s3)-c3sc(-c5ccc(N=c6c(=O)c7cc(F)c(F)cc7c6=O)s5)cc3C43CCCCC3)s2)c(=O)c2cc(F)c(F)cc12. The van der Waals surface area contributed by atoms with Crippen molar-refractivity contribution >= 4 is 76.9 Å². The first-order valence-electron chi connectivity index (χ1n) is 16.8. The summed E-state index contributed by atoms with van der Waals surface area (Å²) in [5.41, 5.74) is -0.493. The summed E-state index contributed by atoms with van der Waals surface area (Å²) in [4.78, 5) is 66.6. The first-order valence-corrected chi connectivity index (χ1v) is 20.1. The van der Waals surface area contributed by atoms with Gasteiger partial charge in [-0.2, -0.15) is 0 Å². The minimum absolute atomic E-state index is 0.148. The van der Waals surface area contributed by atoms with Crippen molar-refractivity contribution < 1.29 is 17.6 Å². The molecule has 266 valence electrons. The number of hydrogen-bond donors (Lipinski definition) is 0. The molecule has 0 amide bonds. The van der Waals surface area contributed by atoms with Gasteiger partial charge in [0.25, 0.3) is 0 Å². The maximum atomic E-state index is 13.8. The molecule has 2 aliphatic rings. The largest absolute Gasteiger partial charge is 0.287 e. The molecule has 1 saturated carbocycles. The Bertz CT molecular complexity index is 2930. The van der Waals surface area contributed by atoms with Gasteiger partial charge in [-0.3, -0.25) is 19.2 Å². The fraction of sp³-hybridized carbons (Fsp3) is 0.150. The van der Waals surface area contributed by atoms with E-state index < -0.39 is 45.0 Å². The molecule has 0 aliphatic heterocycles. The lowest BCUT2D eigenvalue weighted by Crippen LogP contribution is -2.31. The Balaban J connectivity index is 1.02. The highest BCUT2D eigenvalue weighted by molar-refractivity contribution is 7.29. The van der Waals surface area contributed by atoms with Crippen LogP contribution >= 0.6 is 45.3 Å². The van der Waals surface area contributed by atoms with Gasteiger partial charge in [0.1, 0.15) is 10.0 Å². The highest BCUT2D eigenvalue weighted by Gasteiger charge is 2.46. The zero-order chi connectivity index (χ0) is 37.2. The van der Waals surface area contributed by atoms with Crippen molar-refractivity contribution in [2.45, 2.75) is 37.5 Å². The first-order chi connectivity index (χ1) is 26.0. The molecule has 4 heterocycles. The molecule has 0 unspecified atom stereocenters. The van der Waals surface area contributed by atoms with Crippen molar-refractivity contribution in [3.05, 3.63) is 147 Å². The number of hydrogen-bond acceptors (Lipinski definition) is 10. The highest BCUT2D eigenvalue weighted by atomic mass is 32.1. The molecule has 4 aromatic heterocycles. The number of halogens is 4. The standard InChI is InChI=1S/C40H20F4N2O4S4/c41-22-10-16-17(11-23(22)42)35(48)32(34(16)47)45-30-6-4-26(51-30)28-14-20-38(53-28)39-21(40(20)8-2-1-3-9-40)15-29(54-39)27-5-7-31(52-27)46-33-36(49)18-12-24(43)25(44)13-19(18)37(33)50/h4-7,10-15H,1-3,8-9H2. The molecular formula is C40H20F4N2O4S4. The molecule has 1 spiro atoms. The lowest BCUT2D eigenvalue weighted by molar-refractivity contribution is 0.354. The third-order valence-electron chi connectivity index (χ3n) is 10.5. The molecule has 10 rings (SSSR count). The van der Waals surface area contributed by atoms with Crippen molar-refractivity contribution in [1.82, 2.24) is 0 Å². The van der Waals surface area contributed by atoms with Gasteiger partial charge in [0.05, 0.1) is 0 Å². The quantitative estimate of drug-likeness (QED) is 0.166. The summed E-state index contributed by atoms with van der Waals surface area (Å²) in [6.07, 6.45) is 5.35. The Kier molecular flexibility index (Phi) is 7.45. The molecule has 1 fully saturated rings.